The third-order valence-corrected chi connectivity index (χ3v) is 4.34. The third kappa shape index (κ3) is 2.92. The molecule has 0 spiro atoms. The highest BCUT2D eigenvalue weighted by Gasteiger charge is 2.30. The van der Waals surface area contributed by atoms with Crippen LogP contribution in [0.4, 0.5) is 0 Å². The first-order valence-corrected chi connectivity index (χ1v) is 8.27. The van der Waals surface area contributed by atoms with Crippen LogP contribution in [-0.4, -0.2) is 27.7 Å². The van der Waals surface area contributed by atoms with Crippen molar-refractivity contribution in [1.29, 1.82) is 5.26 Å². The zero-order chi connectivity index (χ0) is 17.3. The van der Waals surface area contributed by atoms with Gasteiger partial charge in [-0.05, 0) is 18.6 Å². The van der Waals surface area contributed by atoms with Gasteiger partial charge in [-0.15, -0.1) is 0 Å². The molecule has 24 heavy (non-hydrogen) atoms. The summed E-state index contributed by atoms with van der Waals surface area (Å²) in [5.74, 6) is -0.0941. The van der Waals surface area contributed by atoms with Crippen molar-refractivity contribution in [1.82, 2.24) is 9.58 Å². The highest BCUT2D eigenvalue weighted by Crippen LogP contribution is 2.27. The Morgan fingerprint density at radius 3 is 2.75 bits per heavy atom. The van der Waals surface area contributed by atoms with E-state index in [-0.39, 0.29) is 11.3 Å². The van der Waals surface area contributed by atoms with Gasteiger partial charge < -0.3 is 4.57 Å². The second-order valence-electron chi connectivity index (χ2n) is 7.16. The summed E-state index contributed by atoms with van der Waals surface area (Å²) < 4.78 is 2.06. The van der Waals surface area contributed by atoms with Crippen LogP contribution in [0.5, 0.6) is 0 Å². The number of nitrogens with zero attached hydrogens (tertiary/aromatic N) is 4. The van der Waals surface area contributed by atoms with Gasteiger partial charge >= 0.3 is 0 Å². The molecule has 0 saturated heterocycles. The van der Waals surface area contributed by atoms with Crippen LogP contribution in [0.25, 0.3) is 10.9 Å². The number of carbonyl (C=O) groups is 1. The second-order valence-corrected chi connectivity index (χ2v) is 7.16. The fourth-order valence-electron chi connectivity index (χ4n) is 2.91. The molecule has 124 valence electrons. The van der Waals surface area contributed by atoms with E-state index in [0.717, 1.165) is 16.6 Å². The number of para-hydroxylation sites is 1. The summed E-state index contributed by atoms with van der Waals surface area (Å²) in [6.07, 6.45) is 1.05. The van der Waals surface area contributed by atoms with E-state index in [1.165, 1.54) is 5.01 Å². The van der Waals surface area contributed by atoms with Crippen LogP contribution < -0.4 is 0 Å². The minimum Gasteiger partial charge on any atom is -0.331 e. The Kier molecular flexibility index (Phi) is 4.15. The van der Waals surface area contributed by atoms with Crippen LogP contribution in [-0.2, 0) is 6.54 Å². The average Bonchev–Trinajstić information content (AvgIpc) is 2.83. The van der Waals surface area contributed by atoms with Crippen LogP contribution in [0.1, 0.15) is 44.1 Å². The Hall–Kier alpha value is -2.61. The van der Waals surface area contributed by atoms with Crippen molar-refractivity contribution in [2.75, 3.05) is 6.54 Å². The lowest BCUT2D eigenvalue weighted by atomic mass is 9.90. The topological polar surface area (TPSA) is 61.4 Å². The van der Waals surface area contributed by atoms with Gasteiger partial charge in [-0.3, -0.25) is 4.79 Å². The minimum atomic E-state index is -0.138. The smallest absolute Gasteiger partial charge is 0.290 e. The molecule has 5 heteroatoms. The van der Waals surface area contributed by atoms with Gasteiger partial charge in [0.05, 0.1) is 18.3 Å². The van der Waals surface area contributed by atoms with Gasteiger partial charge in [0, 0.05) is 29.3 Å². The van der Waals surface area contributed by atoms with E-state index in [1.54, 1.807) is 0 Å². The second kappa shape index (κ2) is 6.12. The molecule has 0 radical (unpaired) electrons. The number of nitriles is 1. The normalized spacial score (nSPS) is 15.0. The van der Waals surface area contributed by atoms with Gasteiger partial charge in [0.25, 0.3) is 5.91 Å². The monoisotopic (exact) mass is 322 g/mol. The third-order valence-electron chi connectivity index (χ3n) is 4.34. The molecule has 0 atom stereocenters. The van der Waals surface area contributed by atoms with Crippen molar-refractivity contribution in [3.8, 4) is 6.07 Å². The molecule has 1 amide bonds. The van der Waals surface area contributed by atoms with Crippen molar-refractivity contribution < 1.29 is 4.79 Å². The lowest BCUT2D eigenvalue weighted by Crippen LogP contribution is -2.29. The molecule has 0 N–H and O–H groups in total. The fraction of sp³-hybridized carbons (Fsp3) is 0.421. The summed E-state index contributed by atoms with van der Waals surface area (Å²) in [5.41, 5.74) is 2.54. The maximum atomic E-state index is 13.0. The van der Waals surface area contributed by atoms with Crippen LogP contribution in [0.3, 0.4) is 0 Å². The molecule has 2 aromatic rings. The number of amides is 1. The number of hydrogen-bond donors (Lipinski definition) is 0. The van der Waals surface area contributed by atoms with Crippen LogP contribution in [0, 0.1) is 16.7 Å². The first kappa shape index (κ1) is 16.3. The Morgan fingerprint density at radius 2 is 2.04 bits per heavy atom. The predicted molar refractivity (Wildman–Crippen MR) is 94.7 cm³/mol. The van der Waals surface area contributed by atoms with Crippen molar-refractivity contribution in [2.45, 2.75) is 40.2 Å². The van der Waals surface area contributed by atoms with Crippen molar-refractivity contribution in [3.05, 3.63) is 36.0 Å². The van der Waals surface area contributed by atoms with Crippen LogP contribution in [0.15, 0.2) is 35.4 Å². The number of carbonyl (C=O) groups excluding carboxylic acids is 1. The van der Waals surface area contributed by atoms with Crippen LogP contribution in [0.2, 0.25) is 0 Å². The number of hydrogen-bond acceptors (Lipinski definition) is 3. The number of hydrazone groups is 1. The maximum Gasteiger partial charge on any atom is 0.290 e. The van der Waals surface area contributed by atoms with E-state index in [0.29, 0.717) is 31.6 Å². The molecule has 0 aliphatic carbocycles. The molecule has 1 aliphatic rings. The standard InChI is InChI=1S/C19H22N4O/c1-19(2,3)17-13-22-15-9-5-4-8-14(15)12-16(22)18(24)23(21-17)11-7-6-10-20/h4-5,8-9,12H,6-7,11,13H2,1-3H3. The number of aromatic nitrogens is 1. The molecule has 5 nitrogen and oxygen atoms in total. The molecule has 0 fully saturated rings. The zero-order valence-electron chi connectivity index (χ0n) is 14.4. The maximum absolute atomic E-state index is 13.0. The first-order valence-electron chi connectivity index (χ1n) is 8.27. The summed E-state index contributed by atoms with van der Waals surface area (Å²) in [6, 6.07) is 12.1. The van der Waals surface area contributed by atoms with E-state index in [4.69, 9.17) is 5.26 Å². The molecule has 1 aromatic heterocycles. The number of rotatable bonds is 3. The Morgan fingerprint density at radius 1 is 1.29 bits per heavy atom. The van der Waals surface area contributed by atoms with E-state index in [1.807, 2.05) is 30.3 Å². The van der Waals surface area contributed by atoms with Crippen molar-refractivity contribution in [2.24, 2.45) is 10.5 Å². The van der Waals surface area contributed by atoms with Gasteiger partial charge in [-0.1, -0.05) is 39.0 Å². The summed E-state index contributed by atoms with van der Waals surface area (Å²) >= 11 is 0. The molecule has 0 unspecified atom stereocenters. The SMILES string of the molecule is CC(C)(C)C1=NN(CCCC#N)C(=O)c2cc3ccccc3n2C1. The predicted octanol–water partition coefficient (Wildman–Crippen LogP) is 3.80. The molecule has 2 heterocycles. The summed E-state index contributed by atoms with van der Waals surface area (Å²) in [5, 5.41) is 16.0. The largest absolute Gasteiger partial charge is 0.331 e. The quantitative estimate of drug-likeness (QED) is 0.807. The van der Waals surface area contributed by atoms with Gasteiger partial charge in [0.1, 0.15) is 5.69 Å². The van der Waals surface area contributed by atoms with E-state index in [2.05, 4.69) is 36.5 Å². The van der Waals surface area contributed by atoms with Crippen molar-refractivity contribution >= 4 is 22.5 Å². The highest BCUT2D eigenvalue weighted by molar-refractivity contribution is 6.02. The summed E-state index contributed by atoms with van der Waals surface area (Å²) in [4.78, 5) is 13.0. The summed E-state index contributed by atoms with van der Waals surface area (Å²) in [6.45, 7) is 7.40. The van der Waals surface area contributed by atoms with E-state index >= 15 is 0 Å². The number of unbranched alkanes of at least 4 members (excludes halogenated alkanes) is 1. The van der Waals surface area contributed by atoms with Crippen LogP contribution >= 0.6 is 0 Å². The lowest BCUT2D eigenvalue weighted by molar-refractivity contribution is 0.0753. The molecule has 1 aromatic carbocycles. The minimum absolute atomic E-state index is 0.0941. The van der Waals surface area contributed by atoms with Gasteiger partial charge in [-0.2, -0.15) is 10.4 Å². The van der Waals surface area contributed by atoms with Gasteiger partial charge in [-0.25, -0.2) is 5.01 Å². The molecular formula is C19H22N4O. The number of fused-ring (bicyclic) bond motifs is 3. The fourth-order valence-corrected chi connectivity index (χ4v) is 2.91. The lowest BCUT2D eigenvalue weighted by Gasteiger charge is -2.23. The average molecular weight is 322 g/mol. The Labute approximate surface area is 142 Å². The number of benzene rings is 1. The first-order chi connectivity index (χ1) is 11.4. The van der Waals surface area contributed by atoms with Crippen molar-refractivity contribution in [3.63, 3.8) is 0 Å². The molecule has 0 saturated carbocycles. The van der Waals surface area contributed by atoms with Gasteiger partial charge in [0.2, 0.25) is 0 Å². The molecule has 3 rings (SSSR count). The Bertz CT molecular complexity index is 848. The van der Waals surface area contributed by atoms with E-state index in [9.17, 15) is 4.79 Å². The Balaban J connectivity index is 2.10. The zero-order valence-corrected chi connectivity index (χ0v) is 14.4. The summed E-state index contributed by atoms with van der Waals surface area (Å²) in [7, 11) is 0. The highest BCUT2D eigenvalue weighted by atomic mass is 16.2. The molecular weight excluding hydrogens is 300 g/mol. The molecule has 1 aliphatic heterocycles. The van der Waals surface area contributed by atoms with Gasteiger partial charge in [0.15, 0.2) is 0 Å². The van der Waals surface area contributed by atoms with E-state index < -0.39 is 0 Å². The molecule has 0 bridgehead atoms.